The van der Waals surface area contributed by atoms with Crippen LogP contribution in [0.15, 0.2) is 6.07 Å². The molecule has 0 spiro atoms. The highest BCUT2D eigenvalue weighted by Gasteiger charge is 2.06. The van der Waals surface area contributed by atoms with E-state index in [4.69, 9.17) is 9.84 Å². The Morgan fingerprint density at radius 1 is 1.77 bits per heavy atom. The van der Waals surface area contributed by atoms with Crippen molar-refractivity contribution in [3.05, 3.63) is 17.5 Å². The van der Waals surface area contributed by atoms with E-state index in [1.54, 1.807) is 0 Å². The number of aromatic carboxylic acids is 1. The van der Waals surface area contributed by atoms with E-state index in [0.717, 1.165) is 0 Å². The molecule has 0 aliphatic rings. The first kappa shape index (κ1) is 9.73. The van der Waals surface area contributed by atoms with Crippen LogP contribution in [0.4, 0.5) is 0 Å². The molecule has 0 bridgehead atoms. The van der Waals surface area contributed by atoms with Crippen LogP contribution in [0.5, 0.6) is 0 Å². The zero-order valence-electron chi connectivity index (χ0n) is 7.41. The summed E-state index contributed by atoms with van der Waals surface area (Å²) in [5.41, 5.74) is 0.831. The van der Waals surface area contributed by atoms with Gasteiger partial charge in [-0.3, -0.25) is 5.10 Å². The number of hydrogen-bond acceptors (Lipinski definition) is 3. The molecule has 0 aliphatic heterocycles. The molecule has 0 saturated carbocycles. The first-order valence-corrected chi connectivity index (χ1v) is 4.09. The molecule has 0 aliphatic carbocycles. The summed E-state index contributed by atoms with van der Waals surface area (Å²) in [6.45, 7) is 3.14. The smallest absolute Gasteiger partial charge is 0.353 e. The predicted octanol–water partition coefficient (Wildman–Crippen LogP) is 0.687. The van der Waals surface area contributed by atoms with Gasteiger partial charge in [-0.05, 0) is 13.0 Å². The number of nitrogens with one attached hydrogen (secondary N) is 1. The predicted molar refractivity (Wildman–Crippen MR) is 45.7 cm³/mol. The van der Waals surface area contributed by atoms with Crippen LogP contribution in [0.1, 0.15) is 23.1 Å². The van der Waals surface area contributed by atoms with Crippen LogP contribution in [0, 0.1) is 0 Å². The van der Waals surface area contributed by atoms with Gasteiger partial charge in [0.05, 0.1) is 12.3 Å². The second kappa shape index (κ2) is 4.61. The van der Waals surface area contributed by atoms with Crippen LogP contribution in [0.3, 0.4) is 0 Å². The molecule has 1 aromatic rings. The lowest BCUT2D eigenvalue weighted by Gasteiger charge is -1.95. The molecule has 5 heteroatoms. The van der Waals surface area contributed by atoms with Gasteiger partial charge in [-0.2, -0.15) is 5.10 Å². The number of hydrogen-bond donors (Lipinski definition) is 2. The zero-order valence-corrected chi connectivity index (χ0v) is 7.41. The van der Waals surface area contributed by atoms with Gasteiger partial charge in [0.2, 0.25) is 0 Å². The van der Waals surface area contributed by atoms with Crippen LogP contribution in [0.25, 0.3) is 0 Å². The normalized spacial score (nSPS) is 10.2. The lowest BCUT2D eigenvalue weighted by atomic mass is 10.3. The van der Waals surface area contributed by atoms with Crippen LogP contribution in [0.2, 0.25) is 0 Å². The Kier molecular flexibility index (Phi) is 3.45. The van der Waals surface area contributed by atoms with Gasteiger partial charge in [0.1, 0.15) is 5.69 Å². The van der Waals surface area contributed by atoms with Crippen molar-refractivity contribution in [3.8, 4) is 0 Å². The summed E-state index contributed by atoms with van der Waals surface area (Å²) in [5, 5.41) is 14.8. The van der Waals surface area contributed by atoms with Gasteiger partial charge >= 0.3 is 5.97 Å². The van der Waals surface area contributed by atoms with Gasteiger partial charge in [0.25, 0.3) is 0 Å². The Morgan fingerprint density at radius 3 is 3.08 bits per heavy atom. The van der Waals surface area contributed by atoms with Gasteiger partial charge in [-0.1, -0.05) is 0 Å². The topological polar surface area (TPSA) is 75.2 Å². The fourth-order valence-electron chi connectivity index (χ4n) is 0.922. The summed E-state index contributed by atoms with van der Waals surface area (Å²) >= 11 is 0. The fourth-order valence-corrected chi connectivity index (χ4v) is 0.922. The van der Waals surface area contributed by atoms with Crippen molar-refractivity contribution in [2.75, 3.05) is 13.2 Å². The largest absolute Gasteiger partial charge is 0.477 e. The van der Waals surface area contributed by atoms with Crippen LogP contribution in [-0.4, -0.2) is 34.5 Å². The quantitative estimate of drug-likeness (QED) is 0.660. The van der Waals surface area contributed by atoms with Gasteiger partial charge in [-0.25, -0.2) is 4.79 Å². The Balaban J connectivity index is 2.44. The molecular formula is C8H12N2O3. The molecular weight excluding hydrogens is 172 g/mol. The highest BCUT2D eigenvalue weighted by molar-refractivity contribution is 5.85. The molecule has 0 saturated heterocycles. The molecule has 1 heterocycles. The summed E-state index contributed by atoms with van der Waals surface area (Å²) < 4.78 is 5.11. The minimum absolute atomic E-state index is 0.117. The van der Waals surface area contributed by atoms with Crippen LogP contribution in [-0.2, 0) is 11.2 Å². The standard InChI is InChI=1S/C8H12N2O3/c1-2-13-4-3-6-5-7(8(11)12)10-9-6/h5H,2-4H2,1H3,(H,9,10)(H,11,12). The van der Waals surface area contributed by atoms with Crippen LogP contribution < -0.4 is 0 Å². The lowest BCUT2D eigenvalue weighted by Crippen LogP contribution is -1.97. The molecule has 1 rings (SSSR count). The summed E-state index contributed by atoms with van der Waals surface area (Å²) in [7, 11) is 0. The average Bonchev–Trinajstić information content (AvgIpc) is 2.53. The number of carboxylic acids is 1. The van der Waals surface area contributed by atoms with E-state index in [0.29, 0.717) is 25.3 Å². The molecule has 0 radical (unpaired) electrons. The van der Waals surface area contributed by atoms with Gasteiger partial charge < -0.3 is 9.84 Å². The number of ether oxygens (including phenoxy) is 1. The third kappa shape index (κ3) is 2.87. The van der Waals surface area contributed by atoms with Crippen molar-refractivity contribution in [2.45, 2.75) is 13.3 Å². The summed E-state index contributed by atoms with van der Waals surface area (Å²) in [6.07, 6.45) is 0.637. The first-order valence-electron chi connectivity index (χ1n) is 4.09. The first-order chi connectivity index (χ1) is 6.24. The Labute approximate surface area is 75.7 Å². The molecule has 13 heavy (non-hydrogen) atoms. The van der Waals surface area contributed by atoms with Crippen molar-refractivity contribution >= 4 is 5.97 Å². The monoisotopic (exact) mass is 184 g/mol. The van der Waals surface area contributed by atoms with Gasteiger partial charge in [0, 0.05) is 13.0 Å². The highest BCUT2D eigenvalue weighted by Crippen LogP contribution is 2.00. The van der Waals surface area contributed by atoms with E-state index in [2.05, 4.69) is 10.2 Å². The molecule has 0 aromatic carbocycles. The zero-order chi connectivity index (χ0) is 9.68. The Hall–Kier alpha value is -1.36. The number of aromatic amines is 1. The molecule has 0 fully saturated rings. The number of H-pyrrole nitrogens is 1. The van der Waals surface area contributed by atoms with Gasteiger partial charge in [-0.15, -0.1) is 0 Å². The summed E-state index contributed by atoms with van der Waals surface area (Å²) in [5.74, 6) is -0.991. The van der Waals surface area contributed by atoms with E-state index in [-0.39, 0.29) is 5.69 Å². The van der Waals surface area contributed by atoms with E-state index in [1.807, 2.05) is 6.92 Å². The summed E-state index contributed by atoms with van der Waals surface area (Å²) in [6, 6.07) is 1.52. The molecule has 2 N–H and O–H groups in total. The van der Waals surface area contributed by atoms with E-state index in [1.165, 1.54) is 6.07 Å². The maximum atomic E-state index is 10.4. The minimum Gasteiger partial charge on any atom is -0.477 e. The third-order valence-corrected chi connectivity index (χ3v) is 1.57. The van der Waals surface area contributed by atoms with Crippen LogP contribution >= 0.6 is 0 Å². The van der Waals surface area contributed by atoms with E-state index >= 15 is 0 Å². The maximum absolute atomic E-state index is 10.4. The second-order valence-electron chi connectivity index (χ2n) is 2.53. The molecule has 0 unspecified atom stereocenters. The van der Waals surface area contributed by atoms with Crippen molar-refractivity contribution in [2.24, 2.45) is 0 Å². The number of aromatic nitrogens is 2. The molecule has 72 valence electrons. The Morgan fingerprint density at radius 2 is 2.54 bits per heavy atom. The van der Waals surface area contributed by atoms with Crippen molar-refractivity contribution in [1.82, 2.24) is 10.2 Å². The van der Waals surface area contributed by atoms with Crippen molar-refractivity contribution in [1.29, 1.82) is 0 Å². The second-order valence-corrected chi connectivity index (χ2v) is 2.53. The van der Waals surface area contributed by atoms with Crippen molar-refractivity contribution < 1.29 is 14.6 Å². The van der Waals surface area contributed by atoms with Gasteiger partial charge in [0.15, 0.2) is 0 Å². The minimum atomic E-state index is -0.991. The highest BCUT2D eigenvalue weighted by atomic mass is 16.5. The number of carboxylic acid groups (broad SMARTS) is 1. The number of nitrogens with zero attached hydrogens (tertiary/aromatic N) is 1. The number of rotatable bonds is 5. The average molecular weight is 184 g/mol. The van der Waals surface area contributed by atoms with Crippen molar-refractivity contribution in [3.63, 3.8) is 0 Å². The van der Waals surface area contributed by atoms with E-state index in [9.17, 15) is 4.79 Å². The third-order valence-electron chi connectivity index (χ3n) is 1.57. The molecule has 0 amide bonds. The SMILES string of the molecule is CCOCCc1cc(C(=O)O)[nH]n1. The van der Waals surface area contributed by atoms with E-state index < -0.39 is 5.97 Å². The maximum Gasteiger partial charge on any atom is 0.353 e. The molecule has 1 aromatic heterocycles. The lowest BCUT2D eigenvalue weighted by molar-refractivity contribution is 0.0690. The molecule has 0 atom stereocenters. The molecule has 5 nitrogen and oxygen atoms in total. The summed E-state index contributed by atoms with van der Waals surface area (Å²) in [4.78, 5) is 10.4. The fraction of sp³-hybridized carbons (Fsp3) is 0.500. The Bertz CT molecular complexity index is 283. The number of carbonyl (C=O) groups is 1.